The Bertz CT molecular complexity index is 228. The molecule has 2 aliphatic rings. The molecule has 86 valence electrons. The summed E-state index contributed by atoms with van der Waals surface area (Å²) < 4.78 is 5.40. The fourth-order valence-electron chi connectivity index (χ4n) is 2.99. The van der Waals surface area contributed by atoms with Gasteiger partial charge in [0.15, 0.2) is 0 Å². The van der Waals surface area contributed by atoms with Crippen molar-refractivity contribution in [1.29, 1.82) is 0 Å². The van der Waals surface area contributed by atoms with E-state index in [1.807, 2.05) is 0 Å². The first-order chi connectivity index (χ1) is 7.14. The minimum atomic E-state index is -0.596. The Labute approximate surface area is 91.7 Å². The third-order valence-corrected chi connectivity index (χ3v) is 3.82. The molecule has 2 unspecified atom stereocenters. The second-order valence-corrected chi connectivity index (χ2v) is 4.99. The summed E-state index contributed by atoms with van der Waals surface area (Å²) in [5, 5.41) is 10.4. The van der Waals surface area contributed by atoms with Gasteiger partial charge in [0.1, 0.15) is 0 Å². The normalized spacial score (nSPS) is 40.7. The van der Waals surface area contributed by atoms with Crippen molar-refractivity contribution in [2.45, 2.75) is 43.4 Å². The number of ether oxygens (including phenoxy) is 1. The van der Waals surface area contributed by atoms with Crippen molar-refractivity contribution in [2.75, 3.05) is 20.3 Å². The maximum absolute atomic E-state index is 10.4. The largest absolute Gasteiger partial charge is 0.387 e. The molecule has 3 atom stereocenters. The van der Waals surface area contributed by atoms with Crippen molar-refractivity contribution in [3.8, 4) is 0 Å². The van der Waals surface area contributed by atoms with E-state index in [0.717, 1.165) is 12.8 Å². The van der Waals surface area contributed by atoms with E-state index in [1.54, 1.807) is 6.08 Å². The number of hydrogen-bond donors (Lipinski definition) is 1. The average Bonchev–Trinajstić information content (AvgIpc) is 2.44. The van der Waals surface area contributed by atoms with Crippen LogP contribution in [0.5, 0.6) is 0 Å². The van der Waals surface area contributed by atoms with E-state index in [9.17, 15) is 5.11 Å². The maximum atomic E-state index is 10.4. The highest BCUT2D eigenvalue weighted by Crippen LogP contribution is 2.39. The van der Waals surface area contributed by atoms with Crippen LogP contribution < -0.4 is 0 Å². The van der Waals surface area contributed by atoms with Crippen LogP contribution in [0.2, 0.25) is 0 Å². The lowest BCUT2D eigenvalue weighted by Gasteiger charge is -2.41. The summed E-state index contributed by atoms with van der Waals surface area (Å²) in [4.78, 5) is 2.42. The zero-order valence-electron chi connectivity index (χ0n) is 9.48. The summed E-state index contributed by atoms with van der Waals surface area (Å²) in [5.41, 5.74) is -0.596. The molecule has 0 radical (unpaired) electrons. The summed E-state index contributed by atoms with van der Waals surface area (Å²) in [6.07, 6.45) is 5.90. The van der Waals surface area contributed by atoms with Crippen molar-refractivity contribution in [3.05, 3.63) is 12.7 Å². The average molecular weight is 211 g/mol. The van der Waals surface area contributed by atoms with Crippen LogP contribution in [0.4, 0.5) is 0 Å². The van der Waals surface area contributed by atoms with Gasteiger partial charge in [0.05, 0.1) is 18.8 Å². The van der Waals surface area contributed by atoms with Gasteiger partial charge in [-0.05, 0) is 32.7 Å². The molecule has 0 aromatic carbocycles. The van der Waals surface area contributed by atoms with Gasteiger partial charge >= 0.3 is 0 Å². The fraction of sp³-hybridized carbons (Fsp3) is 0.833. The smallest absolute Gasteiger partial charge is 0.0910 e. The molecule has 3 nitrogen and oxygen atoms in total. The molecule has 0 aromatic rings. The molecular formula is C12H21NO2. The van der Waals surface area contributed by atoms with E-state index in [1.165, 1.54) is 12.8 Å². The monoisotopic (exact) mass is 211 g/mol. The van der Waals surface area contributed by atoms with Crippen LogP contribution in [-0.4, -0.2) is 48.0 Å². The number of nitrogens with zero attached hydrogens (tertiary/aromatic N) is 1. The second kappa shape index (κ2) is 4.24. The van der Waals surface area contributed by atoms with Crippen LogP contribution in [0.15, 0.2) is 12.7 Å². The van der Waals surface area contributed by atoms with Crippen molar-refractivity contribution >= 4 is 0 Å². The highest BCUT2D eigenvalue weighted by atomic mass is 16.5. The Hall–Kier alpha value is -0.380. The number of rotatable bonds is 4. The first-order valence-corrected chi connectivity index (χ1v) is 5.77. The lowest BCUT2D eigenvalue weighted by molar-refractivity contribution is -0.0925. The van der Waals surface area contributed by atoms with Crippen molar-refractivity contribution in [3.63, 3.8) is 0 Å². The molecule has 2 aliphatic heterocycles. The van der Waals surface area contributed by atoms with Gasteiger partial charge in [-0.15, -0.1) is 6.58 Å². The first kappa shape index (κ1) is 11.1. The number of hydrogen-bond acceptors (Lipinski definition) is 3. The quantitative estimate of drug-likeness (QED) is 0.560. The van der Waals surface area contributed by atoms with Crippen LogP contribution in [0.3, 0.4) is 0 Å². The molecule has 2 bridgehead atoms. The van der Waals surface area contributed by atoms with Crippen molar-refractivity contribution in [1.82, 2.24) is 4.90 Å². The van der Waals surface area contributed by atoms with Gasteiger partial charge in [-0.3, -0.25) is 0 Å². The Morgan fingerprint density at radius 2 is 2.07 bits per heavy atom. The van der Waals surface area contributed by atoms with Crippen LogP contribution in [0.25, 0.3) is 0 Å². The summed E-state index contributed by atoms with van der Waals surface area (Å²) in [6.45, 7) is 4.60. The molecule has 2 rings (SSSR count). The highest BCUT2D eigenvalue weighted by Gasteiger charge is 2.45. The summed E-state index contributed by atoms with van der Waals surface area (Å²) in [7, 11) is 2.17. The third-order valence-electron chi connectivity index (χ3n) is 3.82. The zero-order chi connectivity index (χ0) is 10.9. The number of aliphatic hydroxyl groups is 1. The van der Waals surface area contributed by atoms with Gasteiger partial charge in [0, 0.05) is 12.1 Å². The molecule has 2 fully saturated rings. The Balaban J connectivity index is 1.91. The van der Waals surface area contributed by atoms with Gasteiger partial charge in [-0.2, -0.15) is 0 Å². The van der Waals surface area contributed by atoms with Crippen molar-refractivity contribution < 1.29 is 9.84 Å². The summed E-state index contributed by atoms with van der Waals surface area (Å²) >= 11 is 0. The molecule has 2 saturated heterocycles. The molecule has 0 spiro atoms. The molecular weight excluding hydrogens is 190 g/mol. The number of fused-ring (bicyclic) bond motifs is 2. The van der Waals surface area contributed by atoms with Crippen LogP contribution in [-0.2, 0) is 4.74 Å². The van der Waals surface area contributed by atoms with Crippen LogP contribution in [0, 0.1) is 0 Å². The van der Waals surface area contributed by atoms with Crippen LogP contribution in [0.1, 0.15) is 25.7 Å². The van der Waals surface area contributed by atoms with Gasteiger partial charge in [0.25, 0.3) is 0 Å². The minimum absolute atomic E-state index is 0.458. The SMILES string of the molecule is C=CCOCC1(O)CC2CC[C@H](C1)N2C. The van der Waals surface area contributed by atoms with Gasteiger partial charge < -0.3 is 14.7 Å². The Kier molecular flexibility index (Phi) is 3.14. The molecule has 0 saturated carbocycles. The second-order valence-electron chi connectivity index (χ2n) is 4.99. The summed E-state index contributed by atoms with van der Waals surface area (Å²) in [5.74, 6) is 0. The zero-order valence-corrected chi connectivity index (χ0v) is 9.48. The molecule has 0 aromatic heterocycles. The standard InChI is InChI=1S/C12H21NO2/c1-3-6-15-9-12(14)7-10-4-5-11(8-12)13(10)2/h3,10-11,14H,1,4-9H2,2H3/t10-,11?,12?/m1/s1. The predicted octanol–water partition coefficient (Wildman–Crippen LogP) is 1.18. The fourth-order valence-corrected chi connectivity index (χ4v) is 2.99. The van der Waals surface area contributed by atoms with E-state index in [-0.39, 0.29) is 0 Å². The van der Waals surface area contributed by atoms with E-state index in [4.69, 9.17) is 4.74 Å². The molecule has 2 heterocycles. The topological polar surface area (TPSA) is 32.7 Å². The Morgan fingerprint density at radius 1 is 1.47 bits per heavy atom. The molecule has 1 N–H and O–H groups in total. The Morgan fingerprint density at radius 3 is 2.60 bits per heavy atom. The molecule has 3 heteroatoms. The molecule has 0 aliphatic carbocycles. The summed E-state index contributed by atoms with van der Waals surface area (Å²) in [6, 6.07) is 1.11. The molecule has 15 heavy (non-hydrogen) atoms. The van der Waals surface area contributed by atoms with Crippen LogP contribution >= 0.6 is 0 Å². The predicted molar refractivity (Wildman–Crippen MR) is 59.8 cm³/mol. The third kappa shape index (κ3) is 2.25. The lowest BCUT2D eigenvalue weighted by Crippen LogP contribution is -2.51. The first-order valence-electron chi connectivity index (χ1n) is 5.77. The van der Waals surface area contributed by atoms with E-state index in [2.05, 4.69) is 18.5 Å². The van der Waals surface area contributed by atoms with E-state index < -0.39 is 5.60 Å². The van der Waals surface area contributed by atoms with Gasteiger partial charge in [-0.25, -0.2) is 0 Å². The van der Waals surface area contributed by atoms with E-state index >= 15 is 0 Å². The van der Waals surface area contributed by atoms with Crippen molar-refractivity contribution in [2.24, 2.45) is 0 Å². The van der Waals surface area contributed by atoms with E-state index in [0.29, 0.717) is 25.3 Å². The minimum Gasteiger partial charge on any atom is -0.387 e. The molecule has 0 amide bonds. The van der Waals surface area contributed by atoms with Gasteiger partial charge in [-0.1, -0.05) is 6.08 Å². The van der Waals surface area contributed by atoms with Gasteiger partial charge in [0.2, 0.25) is 0 Å². The lowest BCUT2D eigenvalue weighted by atomic mass is 9.87. The highest BCUT2D eigenvalue weighted by molar-refractivity contribution is 5.00. The number of piperidine rings is 1. The maximum Gasteiger partial charge on any atom is 0.0910 e.